The van der Waals surface area contributed by atoms with Crippen LogP contribution in [0.3, 0.4) is 0 Å². The van der Waals surface area contributed by atoms with Crippen molar-refractivity contribution in [3.05, 3.63) is 41.6 Å². The van der Waals surface area contributed by atoms with Gasteiger partial charge in [0.15, 0.2) is 5.78 Å². The molecule has 2 aromatic rings. The first kappa shape index (κ1) is 15.7. The van der Waals surface area contributed by atoms with Gasteiger partial charge in [-0.05, 0) is 58.0 Å². The number of piperidine rings is 1. The third-order valence-corrected chi connectivity index (χ3v) is 4.74. The Labute approximate surface area is 137 Å². The molecule has 0 saturated carbocycles. The molecule has 23 heavy (non-hydrogen) atoms. The van der Waals surface area contributed by atoms with Crippen LogP contribution in [-0.2, 0) is 0 Å². The molecule has 1 aliphatic rings. The number of nitrogens with two attached hydrogens (primary N) is 1. The number of ketones is 1. The molecule has 0 radical (unpaired) electrons. The SMILES string of the molecule is Cc1c(C(=O)CC2CCN(C)CC2)nn(-c2ccccc2)c1N. The van der Waals surface area contributed by atoms with Crippen molar-refractivity contribution in [1.29, 1.82) is 0 Å². The Morgan fingerprint density at radius 3 is 2.57 bits per heavy atom. The number of hydrogen-bond acceptors (Lipinski definition) is 4. The summed E-state index contributed by atoms with van der Waals surface area (Å²) in [5, 5.41) is 4.49. The minimum absolute atomic E-state index is 0.110. The molecule has 0 bridgehead atoms. The summed E-state index contributed by atoms with van der Waals surface area (Å²) >= 11 is 0. The van der Waals surface area contributed by atoms with Crippen LogP contribution < -0.4 is 5.73 Å². The van der Waals surface area contributed by atoms with Gasteiger partial charge in [0, 0.05) is 12.0 Å². The summed E-state index contributed by atoms with van der Waals surface area (Å²) in [4.78, 5) is 15.0. The van der Waals surface area contributed by atoms with Gasteiger partial charge in [-0.3, -0.25) is 4.79 Å². The first-order chi connectivity index (χ1) is 11.1. The molecular formula is C18H24N4O. The number of Topliss-reactive ketones (excluding diaryl/α,β-unsaturated/α-hetero) is 1. The second-order valence-corrected chi connectivity index (χ2v) is 6.48. The fourth-order valence-electron chi connectivity index (χ4n) is 3.16. The Balaban J connectivity index is 1.79. The first-order valence-electron chi connectivity index (χ1n) is 8.18. The Morgan fingerprint density at radius 1 is 1.26 bits per heavy atom. The number of nitrogen functional groups attached to an aromatic ring is 1. The highest BCUT2D eigenvalue weighted by Crippen LogP contribution is 2.25. The average molecular weight is 312 g/mol. The standard InChI is InChI=1S/C18H24N4O/c1-13-17(16(23)12-14-8-10-21(2)11-9-14)20-22(18(13)19)15-6-4-3-5-7-15/h3-7,14H,8-12,19H2,1-2H3. The summed E-state index contributed by atoms with van der Waals surface area (Å²) in [6.45, 7) is 4.01. The molecule has 122 valence electrons. The number of hydrogen-bond donors (Lipinski definition) is 1. The van der Waals surface area contributed by atoms with Crippen LogP contribution in [0.1, 0.15) is 35.3 Å². The minimum Gasteiger partial charge on any atom is -0.383 e. The number of rotatable bonds is 4. The van der Waals surface area contributed by atoms with Gasteiger partial charge in [-0.2, -0.15) is 5.10 Å². The summed E-state index contributed by atoms with van der Waals surface area (Å²) in [5.41, 5.74) is 8.35. The second-order valence-electron chi connectivity index (χ2n) is 6.48. The van der Waals surface area contributed by atoms with Crippen molar-refractivity contribution in [3.8, 4) is 5.69 Å². The number of anilines is 1. The zero-order valence-corrected chi connectivity index (χ0v) is 13.8. The average Bonchev–Trinajstić information content (AvgIpc) is 2.86. The molecule has 0 unspecified atom stereocenters. The van der Waals surface area contributed by atoms with E-state index in [-0.39, 0.29) is 5.78 Å². The van der Waals surface area contributed by atoms with Crippen LogP contribution in [0.15, 0.2) is 30.3 Å². The fourth-order valence-corrected chi connectivity index (χ4v) is 3.16. The number of nitrogens with zero attached hydrogens (tertiary/aromatic N) is 3. The third kappa shape index (κ3) is 3.29. The van der Waals surface area contributed by atoms with Crippen molar-refractivity contribution in [1.82, 2.24) is 14.7 Å². The predicted molar refractivity (Wildman–Crippen MR) is 91.9 cm³/mol. The van der Waals surface area contributed by atoms with E-state index in [1.807, 2.05) is 37.3 Å². The quantitative estimate of drug-likeness (QED) is 0.882. The zero-order chi connectivity index (χ0) is 16.4. The molecule has 2 N–H and O–H groups in total. The molecule has 3 rings (SSSR count). The lowest BCUT2D eigenvalue weighted by atomic mass is 9.91. The highest BCUT2D eigenvalue weighted by molar-refractivity contribution is 5.96. The van der Waals surface area contributed by atoms with Gasteiger partial charge >= 0.3 is 0 Å². The van der Waals surface area contributed by atoms with Crippen molar-refractivity contribution >= 4 is 11.6 Å². The van der Waals surface area contributed by atoms with Gasteiger partial charge in [-0.15, -0.1) is 0 Å². The molecule has 0 spiro atoms. The first-order valence-corrected chi connectivity index (χ1v) is 8.18. The number of likely N-dealkylation sites (tertiary alicyclic amines) is 1. The topological polar surface area (TPSA) is 64.2 Å². The molecule has 2 heterocycles. The van der Waals surface area contributed by atoms with Crippen LogP contribution in [-0.4, -0.2) is 40.6 Å². The predicted octanol–water partition coefficient (Wildman–Crippen LogP) is 2.68. The molecule has 1 aromatic carbocycles. The van der Waals surface area contributed by atoms with E-state index in [2.05, 4.69) is 17.0 Å². The molecular weight excluding hydrogens is 288 g/mol. The lowest BCUT2D eigenvalue weighted by molar-refractivity contribution is 0.0930. The molecule has 1 saturated heterocycles. The highest BCUT2D eigenvalue weighted by atomic mass is 16.1. The molecule has 1 aliphatic heterocycles. The maximum absolute atomic E-state index is 12.7. The van der Waals surface area contributed by atoms with Crippen LogP contribution in [0, 0.1) is 12.8 Å². The van der Waals surface area contributed by atoms with Gasteiger partial charge in [0.25, 0.3) is 0 Å². The summed E-state index contributed by atoms with van der Waals surface area (Å²) in [6, 6.07) is 9.70. The molecule has 5 nitrogen and oxygen atoms in total. The van der Waals surface area contributed by atoms with Crippen LogP contribution >= 0.6 is 0 Å². The Morgan fingerprint density at radius 2 is 1.91 bits per heavy atom. The van der Waals surface area contributed by atoms with Crippen LogP contribution in [0.25, 0.3) is 5.69 Å². The maximum Gasteiger partial charge on any atom is 0.183 e. The summed E-state index contributed by atoms with van der Waals surface area (Å²) in [7, 11) is 2.13. The van der Waals surface area contributed by atoms with E-state index in [1.165, 1.54) is 0 Å². The van der Waals surface area contributed by atoms with Crippen molar-refractivity contribution in [2.75, 3.05) is 25.9 Å². The van der Waals surface area contributed by atoms with E-state index in [0.717, 1.165) is 37.2 Å². The molecule has 1 aromatic heterocycles. The summed E-state index contributed by atoms with van der Waals surface area (Å²) in [6.07, 6.45) is 2.73. The van der Waals surface area contributed by atoms with Crippen molar-refractivity contribution in [2.45, 2.75) is 26.2 Å². The number of benzene rings is 1. The molecule has 0 amide bonds. The fraction of sp³-hybridized carbons (Fsp3) is 0.444. The number of para-hydroxylation sites is 1. The van der Waals surface area contributed by atoms with Gasteiger partial charge in [0.1, 0.15) is 11.5 Å². The van der Waals surface area contributed by atoms with Crippen molar-refractivity contribution in [3.63, 3.8) is 0 Å². The molecule has 0 aliphatic carbocycles. The van der Waals surface area contributed by atoms with E-state index in [1.54, 1.807) is 4.68 Å². The number of carbonyl (C=O) groups is 1. The van der Waals surface area contributed by atoms with Gasteiger partial charge in [0.05, 0.1) is 5.69 Å². The number of aromatic nitrogens is 2. The lowest BCUT2D eigenvalue weighted by Crippen LogP contribution is -2.31. The van der Waals surface area contributed by atoms with Crippen LogP contribution in [0.2, 0.25) is 0 Å². The van der Waals surface area contributed by atoms with Crippen molar-refractivity contribution < 1.29 is 4.79 Å². The second kappa shape index (κ2) is 6.54. The Hall–Kier alpha value is -2.14. The molecule has 5 heteroatoms. The van der Waals surface area contributed by atoms with E-state index >= 15 is 0 Å². The Bertz CT molecular complexity index is 685. The maximum atomic E-state index is 12.7. The highest BCUT2D eigenvalue weighted by Gasteiger charge is 2.24. The van der Waals surface area contributed by atoms with Gasteiger partial charge in [-0.1, -0.05) is 18.2 Å². The van der Waals surface area contributed by atoms with Gasteiger partial charge < -0.3 is 10.6 Å². The lowest BCUT2D eigenvalue weighted by Gasteiger charge is -2.28. The largest absolute Gasteiger partial charge is 0.383 e. The van der Waals surface area contributed by atoms with Gasteiger partial charge in [-0.25, -0.2) is 4.68 Å². The van der Waals surface area contributed by atoms with E-state index < -0.39 is 0 Å². The van der Waals surface area contributed by atoms with Crippen molar-refractivity contribution in [2.24, 2.45) is 5.92 Å². The van der Waals surface area contributed by atoms with Gasteiger partial charge in [0.2, 0.25) is 0 Å². The molecule has 0 atom stereocenters. The smallest absolute Gasteiger partial charge is 0.183 e. The zero-order valence-electron chi connectivity index (χ0n) is 13.8. The van der Waals surface area contributed by atoms with E-state index in [0.29, 0.717) is 23.9 Å². The summed E-state index contributed by atoms with van der Waals surface area (Å²) < 4.78 is 1.66. The summed E-state index contributed by atoms with van der Waals surface area (Å²) in [5.74, 6) is 1.11. The number of carbonyl (C=O) groups excluding carboxylic acids is 1. The van der Waals surface area contributed by atoms with E-state index in [9.17, 15) is 4.79 Å². The monoisotopic (exact) mass is 312 g/mol. The minimum atomic E-state index is 0.110. The van der Waals surface area contributed by atoms with Crippen LogP contribution in [0.4, 0.5) is 5.82 Å². The normalized spacial score (nSPS) is 16.6. The van der Waals surface area contributed by atoms with E-state index in [4.69, 9.17) is 5.73 Å². The third-order valence-electron chi connectivity index (χ3n) is 4.74. The Kier molecular flexibility index (Phi) is 4.48. The van der Waals surface area contributed by atoms with Crippen LogP contribution in [0.5, 0.6) is 0 Å². The molecule has 1 fully saturated rings.